The van der Waals surface area contributed by atoms with Crippen molar-refractivity contribution < 1.29 is 0 Å². The van der Waals surface area contributed by atoms with Gasteiger partial charge in [0.25, 0.3) is 0 Å². The van der Waals surface area contributed by atoms with Crippen molar-refractivity contribution in [3.63, 3.8) is 0 Å². The molecule has 2 nitrogen and oxygen atoms in total. The summed E-state index contributed by atoms with van der Waals surface area (Å²) in [6.45, 7) is 0. The van der Waals surface area contributed by atoms with E-state index in [1.807, 2.05) is 0 Å². The van der Waals surface area contributed by atoms with E-state index in [4.69, 9.17) is 0 Å². The van der Waals surface area contributed by atoms with E-state index in [0.29, 0.717) is 0 Å². The van der Waals surface area contributed by atoms with Gasteiger partial charge in [-0.05, 0) is 115 Å². The van der Waals surface area contributed by atoms with Crippen LogP contribution in [0, 0.1) is 0 Å². The molecule has 0 N–H and O–H groups in total. The molecule has 0 amide bonds. The van der Waals surface area contributed by atoms with Crippen LogP contribution in [0.4, 0.5) is 34.1 Å². The zero-order chi connectivity index (χ0) is 44.3. The molecule has 67 heavy (non-hydrogen) atoms. The van der Waals surface area contributed by atoms with Crippen molar-refractivity contribution in [2.45, 2.75) is 5.41 Å². The standard InChI is InChI=1S/C65H44N2/c1-3-21-45(22-4-1)52-28-9-10-29-53(52)54-30-12-16-37-60(54)66(49-43-41-47(42-44-49)51-32-19-24-46-23-7-8-27-50(46)51)63-40-20-36-59-64(63)55-31-11-13-33-56(55)65(59)57-34-14-17-38-61(57)67(48-25-5-2-6-26-48)62-39-18-15-35-58(62)65/h1-44H. The van der Waals surface area contributed by atoms with Crippen LogP contribution in [0.5, 0.6) is 0 Å². The molecule has 11 aromatic rings. The maximum absolute atomic E-state index is 2.52. The van der Waals surface area contributed by atoms with Gasteiger partial charge in [0.15, 0.2) is 0 Å². The normalized spacial score (nSPS) is 12.9. The lowest BCUT2D eigenvalue weighted by Gasteiger charge is -2.45. The second-order valence-electron chi connectivity index (χ2n) is 17.5. The zero-order valence-corrected chi connectivity index (χ0v) is 36.8. The fourth-order valence-electron chi connectivity index (χ4n) is 11.3. The molecule has 1 spiro atoms. The van der Waals surface area contributed by atoms with E-state index in [2.05, 4.69) is 277 Å². The van der Waals surface area contributed by atoms with E-state index in [1.165, 1.54) is 83.3 Å². The SMILES string of the molecule is c1ccc(-c2ccccc2-c2ccccc2N(c2ccc(-c3cccc4ccccc34)cc2)c2cccc3c2-c2ccccc2C32c3ccccc3N(c3ccccc3)c3ccccc32)cc1. The Morgan fingerprint density at radius 1 is 0.299 bits per heavy atom. The number of fused-ring (bicyclic) bond motifs is 10. The largest absolute Gasteiger partial charge is 0.310 e. The average molecular weight is 853 g/mol. The van der Waals surface area contributed by atoms with Gasteiger partial charge < -0.3 is 9.80 Å². The lowest BCUT2D eigenvalue weighted by atomic mass is 9.64. The van der Waals surface area contributed by atoms with Crippen LogP contribution in [0.15, 0.2) is 267 Å². The number of anilines is 6. The molecule has 1 heterocycles. The highest BCUT2D eigenvalue weighted by Gasteiger charge is 2.52. The number of hydrogen-bond acceptors (Lipinski definition) is 2. The maximum atomic E-state index is 2.52. The molecular weight excluding hydrogens is 809 g/mol. The summed E-state index contributed by atoms with van der Waals surface area (Å²) < 4.78 is 0. The molecular formula is C65H44N2. The number of benzene rings is 11. The Kier molecular flexibility index (Phi) is 9.11. The summed E-state index contributed by atoms with van der Waals surface area (Å²) in [7, 11) is 0. The maximum Gasteiger partial charge on any atom is 0.0755 e. The van der Waals surface area contributed by atoms with E-state index < -0.39 is 5.41 Å². The van der Waals surface area contributed by atoms with Crippen LogP contribution >= 0.6 is 0 Å². The van der Waals surface area contributed by atoms with E-state index >= 15 is 0 Å². The molecule has 11 aromatic carbocycles. The minimum absolute atomic E-state index is 0.594. The molecule has 13 rings (SSSR count). The van der Waals surface area contributed by atoms with Gasteiger partial charge in [-0.2, -0.15) is 0 Å². The third-order valence-corrected chi connectivity index (χ3v) is 14.1. The smallest absolute Gasteiger partial charge is 0.0755 e. The van der Waals surface area contributed by atoms with Crippen LogP contribution in [0.1, 0.15) is 22.3 Å². The van der Waals surface area contributed by atoms with Crippen molar-refractivity contribution in [3.05, 3.63) is 289 Å². The highest BCUT2D eigenvalue weighted by molar-refractivity contribution is 6.04. The van der Waals surface area contributed by atoms with E-state index in [-0.39, 0.29) is 0 Å². The number of para-hydroxylation sites is 4. The Hall–Kier alpha value is -8.72. The Morgan fingerprint density at radius 3 is 1.54 bits per heavy atom. The molecule has 0 aromatic heterocycles. The predicted molar refractivity (Wildman–Crippen MR) is 280 cm³/mol. The van der Waals surface area contributed by atoms with Crippen LogP contribution < -0.4 is 9.80 Å². The third-order valence-electron chi connectivity index (χ3n) is 14.1. The van der Waals surface area contributed by atoms with Crippen molar-refractivity contribution >= 4 is 44.9 Å². The van der Waals surface area contributed by atoms with Gasteiger partial charge in [-0.3, -0.25) is 0 Å². The molecule has 0 unspecified atom stereocenters. The van der Waals surface area contributed by atoms with Crippen LogP contribution in [-0.2, 0) is 5.41 Å². The molecule has 0 bridgehead atoms. The van der Waals surface area contributed by atoms with Crippen LogP contribution in [-0.4, -0.2) is 0 Å². The second-order valence-corrected chi connectivity index (χ2v) is 17.5. The summed E-state index contributed by atoms with van der Waals surface area (Å²) in [5.41, 5.74) is 21.0. The van der Waals surface area contributed by atoms with Crippen molar-refractivity contribution in [3.8, 4) is 44.5 Å². The van der Waals surface area contributed by atoms with Gasteiger partial charge in [0, 0.05) is 22.5 Å². The van der Waals surface area contributed by atoms with Gasteiger partial charge >= 0.3 is 0 Å². The summed E-state index contributed by atoms with van der Waals surface area (Å²) in [5.74, 6) is 0. The summed E-state index contributed by atoms with van der Waals surface area (Å²) in [6, 6.07) is 98.2. The molecule has 0 radical (unpaired) electrons. The van der Waals surface area contributed by atoms with Crippen LogP contribution in [0.25, 0.3) is 55.3 Å². The Morgan fingerprint density at radius 2 is 0.791 bits per heavy atom. The second kappa shape index (κ2) is 15.8. The predicted octanol–water partition coefficient (Wildman–Crippen LogP) is 17.5. The Bertz CT molecular complexity index is 3590. The first kappa shape index (κ1) is 38.7. The van der Waals surface area contributed by atoms with Crippen molar-refractivity contribution in [2.24, 2.45) is 0 Å². The molecule has 2 heteroatoms. The first-order chi connectivity index (χ1) is 33.3. The van der Waals surface area contributed by atoms with Crippen molar-refractivity contribution in [1.29, 1.82) is 0 Å². The summed E-state index contributed by atoms with van der Waals surface area (Å²) in [6.07, 6.45) is 0. The van der Waals surface area contributed by atoms with Gasteiger partial charge in [0.2, 0.25) is 0 Å². The van der Waals surface area contributed by atoms with Crippen molar-refractivity contribution in [1.82, 2.24) is 0 Å². The van der Waals surface area contributed by atoms with E-state index in [9.17, 15) is 0 Å². The average Bonchev–Trinajstić information content (AvgIpc) is 3.71. The zero-order valence-electron chi connectivity index (χ0n) is 36.8. The number of nitrogens with zero attached hydrogens (tertiary/aromatic N) is 2. The molecule has 0 fully saturated rings. The minimum atomic E-state index is -0.594. The highest BCUT2D eigenvalue weighted by Crippen LogP contribution is 2.65. The molecule has 314 valence electrons. The summed E-state index contributed by atoms with van der Waals surface area (Å²) >= 11 is 0. The topological polar surface area (TPSA) is 6.48 Å². The van der Waals surface area contributed by atoms with Crippen LogP contribution in [0.3, 0.4) is 0 Å². The van der Waals surface area contributed by atoms with Crippen LogP contribution in [0.2, 0.25) is 0 Å². The molecule has 1 aliphatic carbocycles. The fourth-order valence-corrected chi connectivity index (χ4v) is 11.3. The monoisotopic (exact) mass is 852 g/mol. The molecule has 0 saturated heterocycles. The molecule has 2 aliphatic rings. The summed E-state index contributed by atoms with van der Waals surface area (Å²) in [5, 5.41) is 2.49. The first-order valence-electron chi connectivity index (χ1n) is 23.2. The third kappa shape index (κ3) is 5.97. The lowest BCUT2D eigenvalue weighted by Crippen LogP contribution is -2.36. The molecule has 1 aliphatic heterocycles. The van der Waals surface area contributed by atoms with E-state index in [0.717, 1.165) is 28.3 Å². The first-order valence-corrected chi connectivity index (χ1v) is 23.2. The fraction of sp³-hybridized carbons (Fsp3) is 0.0154. The van der Waals surface area contributed by atoms with Gasteiger partial charge in [-0.15, -0.1) is 0 Å². The van der Waals surface area contributed by atoms with Gasteiger partial charge in [-0.25, -0.2) is 0 Å². The number of hydrogen-bond donors (Lipinski definition) is 0. The van der Waals surface area contributed by atoms with E-state index in [1.54, 1.807) is 0 Å². The van der Waals surface area contributed by atoms with Gasteiger partial charge in [-0.1, -0.05) is 218 Å². The van der Waals surface area contributed by atoms with Gasteiger partial charge in [0.05, 0.1) is 28.2 Å². The molecule has 0 saturated carbocycles. The quantitative estimate of drug-likeness (QED) is 0.158. The lowest BCUT2D eigenvalue weighted by molar-refractivity contribution is 0.752. The Balaban J connectivity index is 1.09. The Labute approximate surface area is 391 Å². The minimum Gasteiger partial charge on any atom is -0.310 e. The van der Waals surface area contributed by atoms with Crippen molar-refractivity contribution in [2.75, 3.05) is 9.80 Å². The number of rotatable bonds is 7. The molecule has 0 atom stereocenters. The summed E-state index contributed by atoms with van der Waals surface area (Å²) in [4.78, 5) is 4.97. The highest BCUT2D eigenvalue weighted by atomic mass is 15.2. The van der Waals surface area contributed by atoms with Gasteiger partial charge in [0.1, 0.15) is 0 Å².